The van der Waals surface area contributed by atoms with Crippen LogP contribution in [0.1, 0.15) is 48.5 Å². The molecule has 1 fully saturated rings. The van der Waals surface area contributed by atoms with Gasteiger partial charge in [0.2, 0.25) is 5.91 Å². The van der Waals surface area contributed by atoms with E-state index in [1.54, 1.807) is 0 Å². The minimum atomic E-state index is -5.25. The molecule has 0 aromatic rings. The number of nitrogens with one attached hydrogen (secondary N) is 1. The summed E-state index contributed by atoms with van der Waals surface area (Å²) in [5.74, 6) is -0.704. The maximum absolute atomic E-state index is 11.8. The third-order valence-electron chi connectivity index (χ3n) is 5.61. The molecule has 1 saturated heterocycles. The lowest BCUT2D eigenvalue weighted by molar-refractivity contribution is -0.247. The Morgan fingerprint density at radius 3 is 1.58 bits per heavy atom. The highest BCUT2D eigenvalue weighted by molar-refractivity contribution is 7.61. The number of aliphatic hydroxyl groups is 3. The van der Waals surface area contributed by atoms with Gasteiger partial charge in [-0.05, 0) is 39.3 Å². The van der Waals surface area contributed by atoms with Crippen LogP contribution in [0.2, 0.25) is 0 Å². The van der Waals surface area contributed by atoms with Gasteiger partial charge in [0.05, 0.1) is 6.61 Å². The van der Waals surface area contributed by atoms with E-state index in [0.29, 0.717) is 0 Å². The fraction of sp³-hybridized carbons (Fsp3) is 0.952. The molecule has 1 amide bonds. The molecule has 1 aliphatic rings. The molecule has 230 valence electrons. The van der Waals surface area contributed by atoms with Gasteiger partial charge in [0, 0.05) is 14.0 Å². The fourth-order valence-corrected chi connectivity index (χ4v) is 5.12. The zero-order valence-electron chi connectivity index (χ0n) is 23.7. The van der Waals surface area contributed by atoms with Crippen molar-refractivity contribution < 1.29 is 57.1 Å². The van der Waals surface area contributed by atoms with Crippen molar-refractivity contribution in [2.45, 2.75) is 79.1 Å². The SMILES string of the molecule is CCN(CC)CC.CCN(CC)CC.COP(=O)(O)OP(=O)(O)O[C@H]1O[C@H](CO)[C@@H](O)[C@H](O)[C@H]1NC(C)=O. The van der Waals surface area contributed by atoms with Crippen LogP contribution in [-0.4, -0.2) is 124 Å². The highest BCUT2D eigenvalue weighted by atomic mass is 31.3. The molecule has 1 aliphatic heterocycles. The van der Waals surface area contributed by atoms with Crippen molar-refractivity contribution in [2.24, 2.45) is 0 Å². The van der Waals surface area contributed by atoms with Crippen LogP contribution < -0.4 is 5.32 Å². The standard InChI is InChI=1S/C9H19NO12P2.2C6H15N/c1-4(12)10-6-8(14)7(13)5(3-11)20-9(6)21-24(17,18)22-23(15,16)19-2;2*1-4-7(5-2)6-3/h5-9,11,13-14H,3H2,1-2H3,(H,10,12)(H,15,16)(H,17,18);2*4-6H2,1-3H3/t5-,6-,7-,8-,9-;;/m1../s1. The molecular formula is C21H49N3O12P2. The Morgan fingerprint density at radius 1 is 0.868 bits per heavy atom. The first-order chi connectivity index (χ1) is 17.6. The number of phosphoric acid groups is 2. The average Bonchev–Trinajstić information content (AvgIpc) is 2.85. The molecule has 0 saturated carbocycles. The van der Waals surface area contributed by atoms with Gasteiger partial charge in [0.15, 0.2) is 6.29 Å². The Kier molecular flexibility index (Phi) is 21.3. The number of carbonyl (C=O) groups excluding carboxylic acids is 1. The number of amides is 1. The molecule has 1 rings (SSSR count). The van der Waals surface area contributed by atoms with Crippen molar-refractivity contribution in [3.8, 4) is 0 Å². The number of ether oxygens (including phenoxy) is 1. The number of hydrogen-bond acceptors (Lipinski definition) is 12. The summed E-state index contributed by atoms with van der Waals surface area (Å²) in [6.07, 6.45) is -6.70. The van der Waals surface area contributed by atoms with Gasteiger partial charge >= 0.3 is 15.6 Å². The zero-order chi connectivity index (χ0) is 30.1. The summed E-state index contributed by atoms with van der Waals surface area (Å²) < 4.78 is 40.4. The van der Waals surface area contributed by atoms with E-state index in [-0.39, 0.29) is 0 Å². The van der Waals surface area contributed by atoms with Gasteiger partial charge in [-0.25, -0.2) is 9.13 Å². The average molecular weight is 598 g/mol. The van der Waals surface area contributed by atoms with E-state index in [1.165, 1.54) is 39.3 Å². The van der Waals surface area contributed by atoms with Crippen molar-refractivity contribution >= 4 is 21.6 Å². The van der Waals surface area contributed by atoms with Crippen LogP contribution in [0.25, 0.3) is 0 Å². The van der Waals surface area contributed by atoms with E-state index in [2.05, 4.69) is 70.0 Å². The Labute approximate surface area is 226 Å². The Hall–Kier alpha value is -0.510. The molecule has 0 aromatic carbocycles. The maximum atomic E-state index is 11.8. The van der Waals surface area contributed by atoms with Crippen LogP contribution >= 0.6 is 15.6 Å². The number of hydrogen-bond donors (Lipinski definition) is 6. The van der Waals surface area contributed by atoms with Crippen LogP contribution in [-0.2, 0) is 32.0 Å². The first-order valence-corrected chi connectivity index (χ1v) is 15.6. The first kappa shape index (κ1) is 39.6. The molecule has 38 heavy (non-hydrogen) atoms. The molecule has 2 unspecified atom stereocenters. The lowest BCUT2D eigenvalue weighted by Crippen LogP contribution is -2.64. The van der Waals surface area contributed by atoms with Crippen LogP contribution in [0.4, 0.5) is 0 Å². The monoisotopic (exact) mass is 597 g/mol. The molecule has 0 spiro atoms. The largest absolute Gasteiger partial charge is 0.483 e. The van der Waals surface area contributed by atoms with Crippen molar-refractivity contribution in [1.29, 1.82) is 0 Å². The summed E-state index contributed by atoms with van der Waals surface area (Å²) in [5, 5.41) is 30.9. The van der Waals surface area contributed by atoms with Crippen molar-refractivity contribution in [2.75, 3.05) is 53.0 Å². The topological polar surface area (TPSA) is 208 Å². The van der Waals surface area contributed by atoms with Crippen molar-refractivity contribution in [3.05, 3.63) is 0 Å². The summed E-state index contributed by atoms with van der Waals surface area (Å²) in [5.41, 5.74) is 0. The van der Waals surface area contributed by atoms with Gasteiger partial charge < -0.3 is 45.0 Å². The van der Waals surface area contributed by atoms with E-state index in [0.717, 1.165) is 14.0 Å². The minimum absolute atomic E-state index is 0.704. The van der Waals surface area contributed by atoms with Gasteiger partial charge in [-0.3, -0.25) is 13.8 Å². The molecule has 1 heterocycles. The molecular weight excluding hydrogens is 548 g/mol. The van der Waals surface area contributed by atoms with Crippen LogP contribution in [0.3, 0.4) is 0 Å². The molecule has 0 aliphatic carbocycles. The highest BCUT2D eigenvalue weighted by Crippen LogP contribution is 2.60. The molecule has 6 N–H and O–H groups in total. The van der Waals surface area contributed by atoms with E-state index in [1.807, 2.05) is 0 Å². The number of rotatable bonds is 13. The van der Waals surface area contributed by atoms with Gasteiger partial charge in [-0.2, -0.15) is 4.31 Å². The molecule has 0 aromatic heterocycles. The lowest BCUT2D eigenvalue weighted by Gasteiger charge is -2.42. The highest BCUT2D eigenvalue weighted by Gasteiger charge is 2.49. The summed E-state index contributed by atoms with van der Waals surface area (Å²) in [6.45, 7) is 20.5. The molecule has 7 atom stereocenters. The normalized spacial score (nSPS) is 26.3. The Bertz CT molecular complexity index is 705. The summed E-state index contributed by atoms with van der Waals surface area (Å²) >= 11 is 0. The fourth-order valence-electron chi connectivity index (χ4n) is 3.22. The quantitative estimate of drug-likeness (QED) is 0.160. The van der Waals surface area contributed by atoms with Crippen molar-refractivity contribution in [3.63, 3.8) is 0 Å². The predicted molar refractivity (Wildman–Crippen MR) is 141 cm³/mol. The first-order valence-electron chi connectivity index (χ1n) is 12.6. The number of carbonyl (C=O) groups is 1. The van der Waals surface area contributed by atoms with Gasteiger partial charge in [0.1, 0.15) is 24.4 Å². The third-order valence-corrected chi connectivity index (χ3v) is 8.19. The second-order valence-corrected chi connectivity index (χ2v) is 11.1. The van der Waals surface area contributed by atoms with Crippen LogP contribution in [0.15, 0.2) is 0 Å². The van der Waals surface area contributed by atoms with E-state index >= 15 is 0 Å². The number of phosphoric ester groups is 2. The number of nitrogens with zero attached hydrogens (tertiary/aromatic N) is 2. The summed E-state index contributed by atoms with van der Waals surface area (Å²) in [6, 6.07) is -1.54. The van der Waals surface area contributed by atoms with Gasteiger partial charge in [-0.15, -0.1) is 0 Å². The molecule has 15 nitrogen and oxygen atoms in total. The second-order valence-electron chi connectivity index (χ2n) is 7.98. The van der Waals surface area contributed by atoms with E-state index in [4.69, 9.17) is 14.7 Å². The van der Waals surface area contributed by atoms with E-state index < -0.39 is 58.8 Å². The lowest BCUT2D eigenvalue weighted by atomic mass is 9.97. The molecule has 0 bridgehead atoms. The summed E-state index contributed by atoms with van der Waals surface area (Å²) in [7, 11) is -9.42. The predicted octanol–water partition coefficient (Wildman–Crippen LogP) is 0.507. The minimum Gasteiger partial charge on any atom is -0.394 e. The van der Waals surface area contributed by atoms with Gasteiger partial charge in [-0.1, -0.05) is 41.5 Å². The van der Waals surface area contributed by atoms with Gasteiger partial charge in [0.25, 0.3) is 0 Å². The second kappa shape index (κ2) is 20.4. The third kappa shape index (κ3) is 15.9. The number of aliphatic hydroxyl groups excluding tert-OH is 3. The Balaban J connectivity index is 0. The Morgan fingerprint density at radius 2 is 1.29 bits per heavy atom. The van der Waals surface area contributed by atoms with Crippen molar-refractivity contribution in [1.82, 2.24) is 15.1 Å². The summed E-state index contributed by atoms with van der Waals surface area (Å²) in [4.78, 5) is 34.5. The van der Waals surface area contributed by atoms with Crippen LogP contribution in [0, 0.1) is 0 Å². The van der Waals surface area contributed by atoms with E-state index in [9.17, 15) is 29.0 Å². The zero-order valence-corrected chi connectivity index (χ0v) is 25.5. The maximum Gasteiger partial charge on any atom is 0.483 e. The smallest absolute Gasteiger partial charge is 0.394 e. The molecule has 0 radical (unpaired) electrons. The van der Waals surface area contributed by atoms with Crippen LogP contribution in [0.5, 0.6) is 0 Å². The molecule has 17 heteroatoms.